The van der Waals surface area contributed by atoms with Crippen LogP contribution in [0.15, 0.2) is 17.0 Å². The van der Waals surface area contributed by atoms with Crippen molar-refractivity contribution in [1.82, 2.24) is 0 Å². The molecule has 0 unspecified atom stereocenters. The van der Waals surface area contributed by atoms with E-state index in [0.717, 1.165) is 4.90 Å². The Balaban J connectivity index is 3.33. The maximum absolute atomic E-state index is 10.7. The summed E-state index contributed by atoms with van der Waals surface area (Å²) < 4.78 is 0. The molecule has 70 valence electrons. The van der Waals surface area contributed by atoms with Gasteiger partial charge in [-0.05, 0) is 18.4 Å². The van der Waals surface area contributed by atoms with E-state index in [9.17, 15) is 4.79 Å². The monoisotopic (exact) mass is 236 g/mol. The summed E-state index contributed by atoms with van der Waals surface area (Å²) in [6, 6.07) is 3.14. The molecule has 0 saturated heterocycles. The molecule has 0 atom stereocenters. The molecule has 1 rings (SSSR count). The standard InChI is InChI=1S/C8H6Cl2O2S/c1-13-4-2-5(8(11)12)7(10)6(9)3-4/h2-3H,1H3,(H,11,12). The molecule has 0 radical (unpaired) electrons. The van der Waals surface area contributed by atoms with Crippen molar-refractivity contribution in [3.8, 4) is 0 Å². The van der Waals surface area contributed by atoms with Crippen LogP contribution < -0.4 is 0 Å². The van der Waals surface area contributed by atoms with Gasteiger partial charge in [0.1, 0.15) is 0 Å². The van der Waals surface area contributed by atoms with Gasteiger partial charge in [0, 0.05) is 4.90 Å². The van der Waals surface area contributed by atoms with Crippen molar-refractivity contribution in [3.05, 3.63) is 27.7 Å². The van der Waals surface area contributed by atoms with Crippen molar-refractivity contribution in [2.45, 2.75) is 4.90 Å². The summed E-state index contributed by atoms with van der Waals surface area (Å²) >= 11 is 12.8. The first kappa shape index (κ1) is 10.7. The third-order valence-electron chi connectivity index (χ3n) is 1.47. The molecule has 0 aromatic heterocycles. The molecule has 0 fully saturated rings. The van der Waals surface area contributed by atoms with E-state index in [1.165, 1.54) is 17.8 Å². The molecule has 1 aromatic rings. The molecule has 2 nitrogen and oxygen atoms in total. The van der Waals surface area contributed by atoms with Crippen LogP contribution in [0.3, 0.4) is 0 Å². The number of carboxylic acids is 1. The van der Waals surface area contributed by atoms with Gasteiger partial charge in [0.05, 0.1) is 15.6 Å². The van der Waals surface area contributed by atoms with Gasteiger partial charge in [0.2, 0.25) is 0 Å². The summed E-state index contributed by atoms with van der Waals surface area (Å²) in [5.74, 6) is -1.07. The third kappa shape index (κ3) is 2.30. The van der Waals surface area contributed by atoms with Gasteiger partial charge in [-0.25, -0.2) is 4.79 Å². The fourth-order valence-electron chi connectivity index (χ4n) is 0.838. The molecule has 1 aromatic carbocycles. The third-order valence-corrected chi connectivity index (χ3v) is 2.98. The van der Waals surface area contributed by atoms with Crippen LogP contribution >= 0.6 is 35.0 Å². The molecule has 0 spiro atoms. The highest BCUT2D eigenvalue weighted by atomic mass is 35.5. The Morgan fingerprint density at radius 3 is 2.54 bits per heavy atom. The second-order valence-electron chi connectivity index (χ2n) is 2.28. The zero-order valence-electron chi connectivity index (χ0n) is 6.67. The molecule has 0 saturated carbocycles. The summed E-state index contributed by atoms with van der Waals surface area (Å²) in [6.45, 7) is 0. The summed E-state index contributed by atoms with van der Waals surface area (Å²) in [7, 11) is 0. The van der Waals surface area contributed by atoms with Gasteiger partial charge in [0.25, 0.3) is 0 Å². The number of benzene rings is 1. The van der Waals surface area contributed by atoms with Gasteiger partial charge >= 0.3 is 5.97 Å². The lowest BCUT2D eigenvalue weighted by atomic mass is 10.2. The van der Waals surface area contributed by atoms with Crippen molar-refractivity contribution in [2.75, 3.05) is 6.26 Å². The lowest BCUT2D eigenvalue weighted by molar-refractivity contribution is 0.0697. The minimum atomic E-state index is -1.07. The molecule has 0 amide bonds. The smallest absolute Gasteiger partial charge is 0.337 e. The van der Waals surface area contributed by atoms with Crippen molar-refractivity contribution in [2.24, 2.45) is 0 Å². The maximum atomic E-state index is 10.7. The van der Waals surface area contributed by atoms with Crippen LogP contribution in [0.4, 0.5) is 0 Å². The van der Waals surface area contributed by atoms with Gasteiger partial charge in [-0.3, -0.25) is 0 Å². The Bertz CT molecular complexity index is 352. The van der Waals surface area contributed by atoms with Crippen molar-refractivity contribution < 1.29 is 9.90 Å². The summed E-state index contributed by atoms with van der Waals surface area (Å²) in [5, 5.41) is 9.12. The van der Waals surface area contributed by atoms with E-state index in [-0.39, 0.29) is 15.6 Å². The van der Waals surface area contributed by atoms with Crippen LogP contribution in [0, 0.1) is 0 Å². The minimum Gasteiger partial charge on any atom is -0.478 e. The number of hydrogen-bond acceptors (Lipinski definition) is 2. The molecule has 0 heterocycles. The van der Waals surface area contributed by atoms with E-state index < -0.39 is 5.97 Å². The molecule has 0 aliphatic rings. The largest absolute Gasteiger partial charge is 0.478 e. The van der Waals surface area contributed by atoms with Crippen LogP contribution in [0.25, 0.3) is 0 Å². The predicted molar refractivity (Wildman–Crippen MR) is 55.2 cm³/mol. The number of aromatic carboxylic acids is 1. The van der Waals surface area contributed by atoms with Crippen molar-refractivity contribution in [1.29, 1.82) is 0 Å². The number of thioether (sulfide) groups is 1. The highest BCUT2D eigenvalue weighted by molar-refractivity contribution is 7.98. The number of carboxylic acid groups (broad SMARTS) is 1. The topological polar surface area (TPSA) is 37.3 Å². The normalized spacial score (nSPS) is 10.1. The first-order valence-corrected chi connectivity index (χ1v) is 5.30. The average molecular weight is 237 g/mol. The van der Waals surface area contributed by atoms with E-state index in [2.05, 4.69) is 0 Å². The van der Waals surface area contributed by atoms with E-state index in [1.54, 1.807) is 6.07 Å². The Morgan fingerprint density at radius 1 is 1.46 bits per heavy atom. The Morgan fingerprint density at radius 2 is 2.08 bits per heavy atom. The van der Waals surface area contributed by atoms with Crippen molar-refractivity contribution in [3.63, 3.8) is 0 Å². The number of rotatable bonds is 2. The minimum absolute atomic E-state index is 0.0403. The van der Waals surface area contributed by atoms with Gasteiger partial charge < -0.3 is 5.11 Å². The first-order valence-electron chi connectivity index (χ1n) is 3.32. The maximum Gasteiger partial charge on any atom is 0.337 e. The van der Waals surface area contributed by atoms with Crippen LogP contribution in [-0.2, 0) is 0 Å². The summed E-state index contributed by atoms with van der Waals surface area (Å²) in [6.07, 6.45) is 1.84. The van der Waals surface area contributed by atoms with Gasteiger partial charge in [-0.2, -0.15) is 0 Å². The molecular weight excluding hydrogens is 231 g/mol. The quantitative estimate of drug-likeness (QED) is 0.801. The number of halogens is 2. The lowest BCUT2D eigenvalue weighted by Gasteiger charge is -2.03. The zero-order chi connectivity index (χ0) is 10.0. The van der Waals surface area contributed by atoms with E-state index in [1.807, 2.05) is 6.26 Å². The Hall–Kier alpha value is -0.380. The second-order valence-corrected chi connectivity index (χ2v) is 3.94. The molecule has 0 aliphatic heterocycles. The Labute approximate surface area is 89.8 Å². The van der Waals surface area contributed by atoms with Crippen LogP contribution in [0.5, 0.6) is 0 Å². The summed E-state index contributed by atoms with van der Waals surface area (Å²) in [4.78, 5) is 11.5. The van der Waals surface area contributed by atoms with Crippen molar-refractivity contribution >= 4 is 40.9 Å². The molecule has 0 bridgehead atoms. The molecular formula is C8H6Cl2O2S. The Kier molecular flexibility index (Phi) is 3.47. The molecule has 0 aliphatic carbocycles. The first-order chi connectivity index (χ1) is 6.06. The summed E-state index contributed by atoms with van der Waals surface area (Å²) in [5.41, 5.74) is 0.0403. The molecule has 5 heteroatoms. The van der Waals surface area contributed by atoms with E-state index >= 15 is 0 Å². The molecule has 1 N–H and O–H groups in total. The van der Waals surface area contributed by atoms with Gasteiger partial charge in [-0.1, -0.05) is 23.2 Å². The molecule has 13 heavy (non-hydrogen) atoms. The fraction of sp³-hybridized carbons (Fsp3) is 0.125. The predicted octanol–water partition coefficient (Wildman–Crippen LogP) is 3.41. The SMILES string of the molecule is CSc1cc(Cl)c(Cl)c(C(=O)O)c1. The highest BCUT2D eigenvalue weighted by Crippen LogP contribution is 2.30. The second kappa shape index (κ2) is 4.22. The zero-order valence-corrected chi connectivity index (χ0v) is 9.00. The van der Waals surface area contributed by atoms with E-state index in [0.29, 0.717) is 0 Å². The van der Waals surface area contributed by atoms with Gasteiger partial charge in [0.15, 0.2) is 0 Å². The lowest BCUT2D eigenvalue weighted by Crippen LogP contribution is -1.97. The number of hydrogen-bond donors (Lipinski definition) is 1. The van der Waals surface area contributed by atoms with E-state index in [4.69, 9.17) is 28.3 Å². The van der Waals surface area contributed by atoms with Gasteiger partial charge in [-0.15, -0.1) is 11.8 Å². The number of carbonyl (C=O) groups is 1. The average Bonchev–Trinajstić information content (AvgIpc) is 2.09. The van der Waals surface area contributed by atoms with Crippen LogP contribution in [-0.4, -0.2) is 17.3 Å². The van der Waals surface area contributed by atoms with Crippen LogP contribution in [0.1, 0.15) is 10.4 Å². The van der Waals surface area contributed by atoms with Crippen LogP contribution in [0.2, 0.25) is 10.0 Å². The fourth-order valence-corrected chi connectivity index (χ4v) is 1.78. The highest BCUT2D eigenvalue weighted by Gasteiger charge is 2.12.